The number of amides is 1. The van der Waals surface area contributed by atoms with E-state index in [0.29, 0.717) is 0 Å². The van der Waals surface area contributed by atoms with Gasteiger partial charge in [0, 0.05) is 12.3 Å². The van der Waals surface area contributed by atoms with Crippen LogP contribution in [-0.2, 0) is 14.3 Å². The van der Waals surface area contributed by atoms with Gasteiger partial charge in [0.15, 0.2) is 0 Å². The zero-order chi connectivity index (χ0) is 11.0. The fourth-order valence-corrected chi connectivity index (χ4v) is 0.459. The van der Waals surface area contributed by atoms with Gasteiger partial charge in [-0.25, -0.2) is 15.3 Å². The molecule has 0 atom stereocenters. The number of hydroxylamine groups is 1. The van der Waals surface area contributed by atoms with Gasteiger partial charge < -0.3 is 4.74 Å². The molecule has 0 saturated heterocycles. The van der Waals surface area contributed by atoms with Crippen LogP contribution in [0, 0.1) is 0 Å². The van der Waals surface area contributed by atoms with E-state index in [9.17, 15) is 14.0 Å². The van der Waals surface area contributed by atoms with Crippen LogP contribution in [0.15, 0.2) is 17.3 Å². The first kappa shape index (κ1) is 12.2. The topological polar surface area (TPSA) is 88.0 Å². The standard InChI is InChI=1S/C7H9FN2O4/c1-2-14-5(11)3-4-9-6(8)7(12)10-13/h3-4,13H,2H2,1H3,(H,10,12)/b4-3+,9-6?. The lowest BCUT2D eigenvalue weighted by Gasteiger charge is -1.93. The Morgan fingerprint density at radius 2 is 2.29 bits per heavy atom. The van der Waals surface area contributed by atoms with Crippen LogP contribution < -0.4 is 5.48 Å². The Kier molecular flexibility index (Phi) is 5.88. The SMILES string of the molecule is CCOC(=O)/C=C/N=C(F)C(=O)NO. The molecule has 6 nitrogen and oxygen atoms in total. The number of nitrogens with one attached hydrogen (secondary N) is 1. The van der Waals surface area contributed by atoms with Gasteiger partial charge in [0.25, 0.3) is 5.97 Å². The highest BCUT2D eigenvalue weighted by atomic mass is 19.1. The molecule has 0 aromatic rings. The maximum Gasteiger partial charge on any atom is 0.332 e. The number of hydrogen-bond acceptors (Lipinski definition) is 5. The molecule has 1 amide bonds. The highest BCUT2D eigenvalue weighted by Crippen LogP contribution is 1.86. The number of ether oxygens (including phenoxy) is 1. The summed E-state index contributed by atoms with van der Waals surface area (Å²) in [5, 5.41) is 7.96. The van der Waals surface area contributed by atoms with E-state index in [1.54, 1.807) is 6.92 Å². The number of carbonyl (C=O) groups excluding carboxylic acids is 2. The summed E-state index contributed by atoms with van der Waals surface area (Å²) in [7, 11) is 0. The van der Waals surface area contributed by atoms with Crippen LogP contribution in [0.25, 0.3) is 0 Å². The zero-order valence-corrected chi connectivity index (χ0v) is 7.36. The molecule has 0 aliphatic rings. The van der Waals surface area contributed by atoms with Crippen molar-refractivity contribution < 1.29 is 23.9 Å². The van der Waals surface area contributed by atoms with Crippen molar-refractivity contribution in [3.8, 4) is 0 Å². The summed E-state index contributed by atoms with van der Waals surface area (Å²) < 4.78 is 16.9. The first-order valence-corrected chi connectivity index (χ1v) is 3.62. The molecule has 78 valence electrons. The average molecular weight is 204 g/mol. The quantitative estimate of drug-likeness (QED) is 0.221. The first-order chi connectivity index (χ1) is 6.61. The molecule has 14 heavy (non-hydrogen) atoms. The summed E-state index contributed by atoms with van der Waals surface area (Å²) in [4.78, 5) is 23.8. The van der Waals surface area contributed by atoms with E-state index in [0.717, 1.165) is 17.8 Å². The van der Waals surface area contributed by atoms with E-state index < -0.39 is 17.8 Å². The van der Waals surface area contributed by atoms with E-state index in [1.807, 2.05) is 0 Å². The Labute approximate surface area is 79.0 Å². The highest BCUT2D eigenvalue weighted by Gasteiger charge is 2.06. The molecule has 0 aliphatic carbocycles. The Morgan fingerprint density at radius 1 is 1.64 bits per heavy atom. The Balaban J connectivity index is 4.14. The molecule has 0 aromatic carbocycles. The molecule has 0 aliphatic heterocycles. The minimum absolute atomic E-state index is 0.187. The Morgan fingerprint density at radius 3 is 2.79 bits per heavy atom. The third-order valence-corrected chi connectivity index (χ3v) is 0.974. The smallest absolute Gasteiger partial charge is 0.332 e. The highest BCUT2D eigenvalue weighted by molar-refractivity contribution is 6.34. The van der Waals surface area contributed by atoms with E-state index in [1.165, 1.54) is 0 Å². The normalized spacial score (nSPS) is 11.5. The maximum absolute atomic E-state index is 12.4. The number of carbonyl (C=O) groups is 2. The van der Waals surface area contributed by atoms with Gasteiger partial charge in [-0.2, -0.15) is 4.39 Å². The molecular weight excluding hydrogens is 195 g/mol. The monoisotopic (exact) mass is 204 g/mol. The van der Waals surface area contributed by atoms with Crippen molar-refractivity contribution in [3.63, 3.8) is 0 Å². The maximum atomic E-state index is 12.4. The number of hydrogen-bond donors (Lipinski definition) is 2. The van der Waals surface area contributed by atoms with Crippen molar-refractivity contribution in [2.45, 2.75) is 6.92 Å². The number of aliphatic imine (C=N–C) groups is 1. The van der Waals surface area contributed by atoms with Crippen LogP contribution in [0.3, 0.4) is 0 Å². The van der Waals surface area contributed by atoms with Gasteiger partial charge in [0.2, 0.25) is 0 Å². The Bertz CT molecular complexity index is 275. The molecule has 0 bridgehead atoms. The third kappa shape index (κ3) is 4.99. The molecule has 0 fully saturated rings. The van der Waals surface area contributed by atoms with Crippen molar-refractivity contribution >= 4 is 17.8 Å². The zero-order valence-electron chi connectivity index (χ0n) is 7.36. The van der Waals surface area contributed by atoms with Crippen molar-refractivity contribution in [1.29, 1.82) is 0 Å². The largest absolute Gasteiger partial charge is 0.463 e. The van der Waals surface area contributed by atoms with E-state index >= 15 is 0 Å². The lowest BCUT2D eigenvalue weighted by Crippen LogP contribution is -2.24. The minimum atomic E-state index is -1.46. The van der Waals surface area contributed by atoms with Gasteiger partial charge in [-0.3, -0.25) is 10.0 Å². The van der Waals surface area contributed by atoms with E-state index in [-0.39, 0.29) is 6.61 Å². The summed E-state index contributed by atoms with van der Waals surface area (Å²) in [6.07, 6.45) is 1.59. The number of halogens is 1. The van der Waals surface area contributed by atoms with E-state index in [2.05, 4.69) is 9.73 Å². The fraction of sp³-hybridized carbons (Fsp3) is 0.286. The molecule has 7 heteroatoms. The van der Waals surface area contributed by atoms with Gasteiger partial charge in [-0.05, 0) is 6.92 Å². The van der Waals surface area contributed by atoms with Gasteiger partial charge in [0.1, 0.15) is 0 Å². The molecule has 0 spiro atoms. The minimum Gasteiger partial charge on any atom is -0.463 e. The van der Waals surface area contributed by atoms with Crippen molar-refractivity contribution in [2.75, 3.05) is 6.61 Å². The predicted octanol–water partition coefficient (Wildman–Crippen LogP) is -0.0634. The van der Waals surface area contributed by atoms with Gasteiger partial charge in [-0.15, -0.1) is 0 Å². The lowest BCUT2D eigenvalue weighted by atomic mass is 10.6. The second kappa shape index (κ2) is 6.72. The number of rotatable bonds is 4. The van der Waals surface area contributed by atoms with Crippen LogP contribution in [0.1, 0.15) is 6.92 Å². The van der Waals surface area contributed by atoms with E-state index in [4.69, 9.17) is 5.21 Å². The van der Waals surface area contributed by atoms with Gasteiger partial charge >= 0.3 is 11.9 Å². The third-order valence-electron chi connectivity index (χ3n) is 0.974. The van der Waals surface area contributed by atoms with Crippen LogP contribution in [0.2, 0.25) is 0 Å². The van der Waals surface area contributed by atoms with Gasteiger partial charge in [-0.1, -0.05) is 0 Å². The van der Waals surface area contributed by atoms with Crippen molar-refractivity contribution in [3.05, 3.63) is 12.3 Å². The average Bonchev–Trinajstić information content (AvgIpc) is 2.16. The molecule has 0 radical (unpaired) electrons. The van der Waals surface area contributed by atoms with Crippen LogP contribution in [0.5, 0.6) is 0 Å². The second-order valence-electron chi connectivity index (χ2n) is 1.93. The summed E-state index contributed by atoms with van der Waals surface area (Å²) in [6.45, 7) is 1.79. The first-order valence-electron chi connectivity index (χ1n) is 3.62. The second-order valence-corrected chi connectivity index (χ2v) is 1.93. The molecule has 0 saturated carbocycles. The predicted molar refractivity (Wildman–Crippen MR) is 44.2 cm³/mol. The Hall–Kier alpha value is -1.76. The molecule has 0 rings (SSSR count). The molecule has 0 unspecified atom stereocenters. The molecular formula is C7H9FN2O4. The van der Waals surface area contributed by atoms with Crippen LogP contribution in [0.4, 0.5) is 4.39 Å². The van der Waals surface area contributed by atoms with Crippen LogP contribution in [-0.4, -0.2) is 29.7 Å². The van der Waals surface area contributed by atoms with Crippen molar-refractivity contribution in [1.82, 2.24) is 5.48 Å². The lowest BCUT2D eigenvalue weighted by molar-refractivity contribution is -0.137. The molecule has 0 heterocycles. The summed E-state index contributed by atoms with van der Waals surface area (Å²) >= 11 is 0. The van der Waals surface area contributed by atoms with Gasteiger partial charge in [0.05, 0.1) is 6.61 Å². The summed E-state index contributed by atoms with van der Waals surface area (Å²) in [6, 6.07) is 0. The number of nitrogens with zero attached hydrogens (tertiary/aromatic N) is 1. The van der Waals surface area contributed by atoms with Crippen LogP contribution >= 0.6 is 0 Å². The molecule has 2 N–H and O–H groups in total. The summed E-state index contributed by atoms with van der Waals surface area (Å²) in [5.74, 6) is -3.56. The number of esters is 1. The summed E-state index contributed by atoms with van der Waals surface area (Å²) in [5.41, 5.74) is 1.03. The molecule has 0 aromatic heterocycles. The van der Waals surface area contributed by atoms with Crippen molar-refractivity contribution in [2.24, 2.45) is 4.99 Å². The fourth-order valence-electron chi connectivity index (χ4n) is 0.459.